The molecule has 1 aliphatic rings. The van der Waals surface area contributed by atoms with Crippen molar-refractivity contribution < 1.29 is 9.84 Å². The molecule has 0 bridgehead atoms. The topological polar surface area (TPSA) is 67.3 Å². The summed E-state index contributed by atoms with van der Waals surface area (Å²) in [4.78, 5) is 11.0. The van der Waals surface area contributed by atoms with Crippen molar-refractivity contribution in [3.05, 3.63) is 10.4 Å². The molecule has 0 fully saturated rings. The normalized spacial score (nSPS) is 20.0. The van der Waals surface area contributed by atoms with E-state index < -0.39 is 0 Å². The maximum absolute atomic E-state index is 9.05. The molecule has 138 valence electrons. The molecule has 0 spiro atoms. The fourth-order valence-corrected chi connectivity index (χ4v) is 4.95. The van der Waals surface area contributed by atoms with Gasteiger partial charge in [-0.1, -0.05) is 25.6 Å². The minimum atomic E-state index is -0.0778. The van der Waals surface area contributed by atoms with Gasteiger partial charge in [-0.2, -0.15) is 0 Å². The predicted octanol–water partition coefficient (Wildman–Crippen LogP) is 4.23. The monoisotopic (exact) mass is 381 g/mol. The van der Waals surface area contributed by atoms with Crippen molar-refractivity contribution >= 4 is 39.1 Å². The number of ether oxygens (including phenoxy) is 1. The summed E-state index contributed by atoms with van der Waals surface area (Å²) in [6, 6.07) is 0. The highest BCUT2D eigenvalue weighted by atomic mass is 32.2. The Morgan fingerprint density at radius 3 is 2.92 bits per heavy atom. The van der Waals surface area contributed by atoms with Crippen molar-refractivity contribution in [1.29, 1.82) is 0 Å². The van der Waals surface area contributed by atoms with Gasteiger partial charge in [-0.15, -0.1) is 11.3 Å². The van der Waals surface area contributed by atoms with Crippen molar-refractivity contribution in [2.24, 2.45) is 0 Å². The highest BCUT2D eigenvalue weighted by molar-refractivity contribution is 7.99. The minimum Gasteiger partial charge on any atom is -0.396 e. The summed E-state index contributed by atoms with van der Waals surface area (Å²) in [6.07, 6.45) is 3.75. The van der Waals surface area contributed by atoms with Gasteiger partial charge >= 0.3 is 0 Å². The quantitative estimate of drug-likeness (QED) is 0.405. The van der Waals surface area contributed by atoms with Crippen LogP contribution in [0.5, 0.6) is 0 Å². The van der Waals surface area contributed by atoms with Crippen LogP contribution in [-0.4, -0.2) is 39.6 Å². The van der Waals surface area contributed by atoms with Gasteiger partial charge in [-0.3, -0.25) is 0 Å². The molecule has 2 aromatic heterocycles. The number of anilines is 1. The summed E-state index contributed by atoms with van der Waals surface area (Å²) >= 11 is 3.49. The summed E-state index contributed by atoms with van der Waals surface area (Å²) in [6.45, 7) is 8.06. The van der Waals surface area contributed by atoms with Crippen molar-refractivity contribution in [1.82, 2.24) is 9.97 Å². The Kier molecular flexibility index (Phi) is 6.20. The second-order valence-electron chi connectivity index (χ2n) is 6.66. The van der Waals surface area contributed by atoms with Crippen molar-refractivity contribution in [2.45, 2.75) is 63.8 Å². The van der Waals surface area contributed by atoms with Crippen molar-refractivity contribution in [3.8, 4) is 0 Å². The summed E-state index contributed by atoms with van der Waals surface area (Å²) in [7, 11) is 0. The number of nitrogens with zero attached hydrogens (tertiary/aromatic N) is 2. The van der Waals surface area contributed by atoms with E-state index in [4.69, 9.17) is 19.8 Å². The third-order valence-corrected chi connectivity index (χ3v) is 6.88. The van der Waals surface area contributed by atoms with Crippen LogP contribution in [0.4, 0.5) is 5.82 Å². The zero-order valence-electron chi connectivity index (χ0n) is 15.2. The predicted molar refractivity (Wildman–Crippen MR) is 106 cm³/mol. The summed E-state index contributed by atoms with van der Waals surface area (Å²) in [5, 5.41) is 13.3. The van der Waals surface area contributed by atoms with Crippen LogP contribution >= 0.6 is 23.1 Å². The number of thiophene rings is 1. The molecule has 5 nitrogen and oxygen atoms in total. The largest absolute Gasteiger partial charge is 0.396 e. The van der Waals surface area contributed by atoms with Gasteiger partial charge in [0.05, 0.1) is 22.4 Å². The van der Waals surface area contributed by atoms with Crippen LogP contribution in [0.15, 0.2) is 5.16 Å². The smallest absolute Gasteiger partial charge is 0.190 e. The van der Waals surface area contributed by atoms with Gasteiger partial charge in [-0.25, -0.2) is 9.97 Å². The van der Waals surface area contributed by atoms with E-state index in [9.17, 15) is 0 Å². The van der Waals surface area contributed by atoms with E-state index in [1.165, 1.54) is 10.4 Å². The van der Waals surface area contributed by atoms with Crippen LogP contribution < -0.4 is 5.32 Å². The number of hydrogen-bond acceptors (Lipinski definition) is 7. The van der Waals surface area contributed by atoms with Crippen molar-refractivity contribution in [3.63, 3.8) is 0 Å². The van der Waals surface area contributed by atoms with Gasteiger partial charge in [0.1, 0.15) is 5.82 Å². The van der Waals surface area contributed by atoms with E-state index in [0.29, 0.717) is 19.6 Å². The summed E-state index contributed by atoms with van der Waals surface area (Å²) in [5.74, 6) is 1.91. The number of aliphatic hydroxyl groups excluding tert-OH is 1. The molecule has 0 amide bonds. The fourth-order valence-electron chi connectivity index (χ4n) is 2.87. The van der Waals surface area contributed by atoms with Crippen molar-refractivity contribution in [2.75, 3.05) is 24.2 Å². The SMILES string of the molecule is CCCSc1nc(NCCCO)c2sc3c(c2n1)COC(C)(CC)C3. The van der Waals surface area contributed by atoms with Crippen LogP contribution in [0.25, 0.3) is 10.2 Å². The number of aliphatic hydroxyl groups is 1. The number of fused-ring (bicyclic) bond motifs is 3. The molecule has 7 heteroatoms. The Balaban J connectivity index is 2.00. The molecule has 2 N–H and O–H groups in total. The number of thioether (sulfide) groups is 1. The molecule has 0 aromatic carbocycles. The third kappa shape index (κ3) is 4.10. The molecule has 0 radical (unpaired) electrons. The molecular formula is C18H27N3O2S2. The molecule has 3 heterocycles. The van der Waals surface area contributed by atoms with Gasteiger partial charge in [0.15, 0.2) is 5.16 Å². The first kappa shape index (κ1) is 18.9. The first-order valence-electron chi connectivity index (χ1n) is 9.04. The lowest BCUT2D eigenvalue weighted by molar-refractivity contribution is -0.0546. The standard InChI is InChI=1S/C18H27N3O2S2/c1-4-9-24-17-20-14-12-11-23-18(3,5-2)10-13(12)25-15(14)16(21-17)19-7-6-8-22/h22H,4-11H2,1-3H3,(H,19,20,21). The Bertz CT molecular complexity index is 735. The summed E-state index contributed by atoms with van der Waals surface area (Å²) in [5.41, 5.74) is 2.20. The Labute approximate surface area is 157 Å². The Hall–Kier alpha value is -0.890. The molecule has 2 aromatic rings. The lowest BCUT2D eigenvalue weighted by Crippen LogP contribution is -2.33. The van der Waals surface area contributed by atoms with Gasteiger partial charge in [0.25, 0.3) is 0 Å². The number of rotatable bonds is 8. The van der Waals surface area contributed by atoms with Crippen LogP contribution in [0.1, 0.15) is 50.5 Å². The van der Waals surface area contributed by atoms with Gasteiger partial charge in [0, 0.05) is 35.8 Å². The first-order valence-corrected chi connectivity index (χ1v) is 10.8. The lowest BCUT2D eigenvalue weighted by atomic mass is 9.93. The fraction of sp³-hybridized carbons (Fsp3) is 0.667. The number of nitrogens with one attached hydrogen (secondary N) is 1. The Morgan fingerprint density at radius 2 is 2.20 bits per heavy atom. The molecular weight excluding hydrogens is 354 g/mol. The van der Waals surface area contributed by atoms with Crippen LogP contribution in [0.3, 0.4) is 0 Å². The zero-order chi connectivity index (χ0) is 17.9. The van der Waals surface area contributed by atoms with E-state index >= 15 is 0 Å². The molecule has 3 rings (SSSR count). The van der Waals surface area contributed by atoms with Crippen LogP contribution in [0.2, 0.25) is 0 Å². The van der Waals surface area contributed by atoms with E-state index in [0.717, 1.165) is 46.2 Å². The Morgan fingerprint density at radius 1 is 1.36 bits per heavy atom. The van der Waals surface area contributed by atoms with Gasteiger partial charge < -0.3 is 15.2 Å². The van der Waals surface area contributed by atoms with Gasteiger partial charge in [-0.05, 0) is 26.2 Å². The lowest BCUT2D eigenvalue weighted by Gasteiger charge is -2.32. The van der Waals surface area contributed by atoms with E-state index in [2.05, 4.69) is 26.1 Å². The number of hydrogen-bond donors (Lipinski definition) is 2. The maximum Gasteiger partial charge on any atom is 0.190 e. The maximum atomic E-state index is 9.05. The third-order valence-electron chi connectivity index (χ3n) is 4.60. The highest BCUT2D eigenvalue weighted by Crippen LogP contribution is 2.42. The second-order valence-corrected chi connectivity index (χ2v) is 8.82. The molecule has 0 saturated carbocycles. The second kappa shape index (κ2) is 8.20. The zero-order valence-corrected chi connectivity index (χ0v) is 16.9. The average Bonchev–Trinajstić information content (AvgIpc) is 2.97. The minimum absolute atomic E-state index is 0.0778. The van der Waals surface area contributed by atoms with E-state index in [1.54, 1.807) is 23.1 Å². The molecule has 1 atom stereocenters. The average molecular weight is 382 g/mol. The summed E-state index contributed by atoms with van der Waals surface area (Å²) < 4.78 is 7.27. The van der Waals surface area contributed by atoms with E-state index in [-0.39, 0.29) is 12.2 Å². The molecule has 25 heavy (non-hydrogen) atoms. The highest BCUT2D eigenvalue weighted by Gasteiger charge is 2.32. The van der Waals surface area contributed by atoms with Gasteiger partial charge in [0.2, 0.25) is 0 Å². The molecule has 1 unspecified atom stereocenters. The number of aromatic nitrogens is 2. The van der Waals surface area contributed by atoms with E-state index in [1.807, 2.05) is 0 Å². The van der Waals surface area contributed by atoms with Crippen LogP contribution in [0, 0.1) is 0 Å². The molecule has 0 aliphatic carbocycles. The molecule has 0 saturated heterocycles. The van der Waals surface area contributed by atoms with Crippen LogP contribution in [-0.2, 0) is 17.8 Å². The first-order chi connectivity index (χ1) is 12.1. The molecule has 1 aliphatic heterocycles.